The molecule has 2 aromatic rings. The molecular formula is C29H38O4. The summed E-state index contributed by atoms with van der Waals surface area (Å²) in [7, 11) is 0. The average molecular weight is 451 g/mol. The van der Waals surface area contributed by atoms with Crippen molar-refractivity contribution in [3.8, 4) is 17.2 Å². The molecule has 178 valence electrons. The largest absolute Gasteiger partial charge is 0.494 e. The maximum Gasteiger partial charge on any atom is 0.343 e. The standard InChI is InChI=1S/C29H38O4/c1-3-5-6-8-23-10-12-24(13-11-23)9-7-22-32-27-18-20-28(21-19-27)33-29(30)25-14-16-26(17-15-25)31-4-2/h7,9,14-21,23-24H,3-6,8,10-13,22H2,1-2H3/t23-,24-. The van der Waals surface area contributed by atoms with Crippen molar-refractivity contribution in [3.05, 3.63) is 66.2 Å². The highest BCUT2D eigenvalue weighted by Crippen LogP contribution is 2.32. The fourth-order valence-corrected chi connectivity index (χ4v) is 4.37. The number of rotatable bonds is 12. The summed E-state index contributed by atoms with van der Waals surface area (Å²) in [4.78, 5) is 12.3. The number of carbonyl (C=O) groups is 1. The van der Waals surface area contributed by atoms with E-state index in [1.54, 1.807) is 36.4 Å². The molecule has 0 saturated heterocycles. The van der Waals surface area contributed by atoms with Gasteiger partial charge < -0.3 is 14.2 Å². The van der Waals surface area contributed by atoms with E-state index in [9.17, 15) is 4.79 Å². The van der Waals surface area contributed by atoms with Gasteiger partial charge in [-0.2, -0.15) is 0 Å². The molecule has 1 aliphatic rings. The molecule has 33 heavy (non-hydrogen) atoms. The van der Waals surface area contributed by atoms with E-state index in [4.69, 9.17) is 14.2 Å². The number of esters is 1. The molecule has 0 aliphatic heterocycles. The number of hydrogen-bond acceptors (Lipinski definition) is 4. The van der Waals surface area contributed by atoms with Crippen LogP contribution in [0.2, 0.25) is 0 Å². The zero-order chi connectivity index (χ0) is 23.3. The SMILES string of the molecule is CCCCC[C@H]1CC[C@H](C=CCOc2ccc(OC(=O)c3ccc(OCC)cc3)cc2)CC1. The van der Waals surface area contributed by atoms with E-state index in [0.29, 0.717) is 30.4 Å². The first-order valence-corrected chi connectivity index (χ1v) is 12.5. The van der Waals surface area contributed by atoms with E-state index in [1.807, 2.05) is 19.1 Å². The topological polar surface area (TPSA) is 44.8 Å². The molecule has 0 N–H and O–H groups in total. The number of allylic oxidation sites excluding steroid dienone is 1. The van der Waals surface area contributed by atoms with Crippen molar-refractivity contribution >= 4 is 5.97 Å². The second-order valence-corrected chi connectivity index (χ2v) is 8.83. The third kappa shape index (κ3) is 8.60. The van der Waals surface area contributed by atoms with Gasteiger partial charge in [0, 0.05) is 0 Å². The van der Waals surface area contributed by atoms with E-state index in [0.717, 1.165) is 17.4 Å². The minimum Gasteiger partial charge on any atom is -0.494 e. The van der Waals surface area contributed by atoms with Gasteiger partial charge >= 0.3 is 5.97 Å². The maximum atomic E-state index is 12.3. The highest BCUT2D eigenvalue weighted by molar-refractivity contribution is 5.91. The summed E-state index contributed by atoms with van der Waals surface area (Å²) in [5.74, 6) is 3.24. The van der Waals surface area contributed by atoms with Gasteiger partial charge in [0.2, 0.25) is 0 Å². The summed E-state index contributed by atoms with van der Waals surface area (Å²) < 4.78 is 16.7. The highest BCUT2D eigenvalue weighted by Gasteiger charge is 2.18. The van der Waals surface area contributed by atoms with Gasteiger partial charge in [0.05, 0.1) is 12.2 Å². The lowest BCUT2D eigenvalue weighted by molar-refractivity contribution is 0.0734. The predicted molar refractivity (Wildman–Crippen MR) is 133 cm³/mol. The molecule has 0 unspecified atom stereocenters. The molecular weight excluding hydrogens is 412 g/mol. The molecule has 1 saturated carbocycles. The summed E-state index contributed by atoms with van der Waals surface area (Å²) in [6.45, 7) is 5.35. The molecule has 2 aromatic carbocycles. The lowest BCUT2D eigenvalue weighted by Gasteiger charge is -2.26. The monoisotopic (exact) mass is 450 g/mol. The van der Waals surface area contributed by atoms with Crippen LogP contribution in [0.1, 0.15) is 75.6 Å². The smallest absolute Gasteiger partial charge is 0.343 e. The Morgan fingerprint density at radius 3 is 2.15 bits per heavy atom. The Labute approximate surface area is 198 Å². The molecule has 4 heteroatoms. The third-order valence-corrected chi connectivity index (χ3v) is 6.30. The number of carbonyl (C=O) groups excluding carboxylic acids is 1. The van der Waals surface area contributed by atoms with Crippen LogP contribution in [0.4, 0.5) is 0 Å². The maximum absolute atomic E-state index is 12.3. The van der Waals surface area contributed by atoms with Crippen LogP contribution in [0, 0.1) is 11.8 Å². The Hall–Kier alpha value is -2.75. The van der Waals surface area contributed by atoms with Crippen LogP contribution in [0.3, 0.4) is 0 Å². The Kier molecular flexibility index (Phi) is 10.3. The lowest BCUT2D eigenvalue weighted by Crippen LogP contribution is -2.13. The third-order valence-electron chi connectivity index (χ3n) is 6.30. The van der Waals surface area contributed by atoms with Crippen molar-refractivity contribution in [2.24, 2.45) is 11.8 Å². The fourth-order valence-electron chi connectivity index (χ4n) is 4.37. The van der Waals surface area contributed by atoms with Crippen molar-refractivity contribution in [1.29, 1.82) is 0 Å². The van der Waals surface area contributed by atoms with Crippen LogP contribution < -0.4 is 14.2 Å². The van der Waals surface area contributed by atoms with Gasteiger partial charge in [0.15, 0.2) is 0 Å². The lowest BCUT2D eigenvalue weighted by atomic mass is 9.79. The summed E-state index contributed by atoms with van der Waals surface area (Å²) in [5.41, 5.74) is 0.485. The van der Waals surface area contributed by atoms with Gasteiger partial charge in [-0.1, -0.05) is 44.8 Å². The van der Waals surface area contributed by atoms with Crippen molar-refractivity contribution in [1.82, 2.24) is 0 Å². The van der Waals surface area contributed by atoms with Crippen LogP contribution in [-0.2, 0) is 0 Å². The summed E-state index contributed by atoms with van der Waals surface area (Å²) in [6, 6.07) is 14.1. The quantitative estimate of drug-likeness (QED) is 0.144. The van der Waals surface area contributed by atoms with Crippen LogP contribution >= 0.6 is 0 Å². The predicted octanol–water partition coefficient (Wildman–Crippen LogP) is 7.63. The number of benzene rings is 2. The molecule has 0 bridgehead atoms. The molecule has 4 nitrogen and oxygen atoms in total. The van der Waals surface area contributed by atoms with Crippen molar-refractivity contribution < 1.29 is 19.0 Å². The zero-order valence-corrected chi connectivity index (χ0v) is 20.1. The van der Waals surface area contributed by atoms with Crippen molar-refractivity contribution in [2.45, 2.75) is 65.2 Å². The van der Waals surface area contributed by atoms with Crippen LogP contribution in [0.5, 0.6) is 17.2 Å². The number of unbranched alkanes of at least 4 members (excludes halogenated alkanes) is 2. The van der Waals surface area contributed by atoms with Gasteiger partial charge in [0.25, 0.3) is 0 Å². The normalized spacial score (nSPS) is 18.2. The van der Waals surface area contributed by atoms with E-state index in [2.05, 4.69) is 19.1 Å². The van der Waals surface area contributed by atoms with Gasteiger partial charge in [0.1, 0.15) is 23.9 Å². The molecule has 0 heterocycles. The molecule has 0 spiro atoms. The van der Waals surface area contributed by atoms with Crippen molar-refractivity contribution in [2.75, 3.05) is 13.2 Å². The molecule has 3 rings (SSSR count). The summed E-state index contributed by atoms with van der Waals surface area (Å²) in [6.07, 6.45) is 15.3. The summed E-state index contributed by atoms with van der Waals surface area (Å²) in [5, 5.41) is 0. The van der Waals surface area contributed by atoms with E-state index in [-0.39, 0.29) is 0 Å². The molecule has 0 aromatic heterocycles. The Morgan fingerprint density at radius 2 is 1.48 bits per heavy atom. The molecule has 0 atom stereocenters. The van der Waals surface area contributed by atoms with Crippen LogP contribution in [0.25, 0.3) is 0 Å². The first-order chi connectivity index (χ1) is 16.2. The zero-order valence-electron chi connectivity index (χ0n) is 20.1. The van der Waals surface area contributed by atoms with Gasteiger partial charge in [-0.3, -0.25) is 0 Å². The van der Waals surface area contributed by atoms with Gasteiger partial charge in [-0.15, -0.1) is 0 Å². The van der Waals surface area contributed by atoms with Crippen LogP contribution in [0.15, 0.2) is 60.7 Å². The summed E-state index contributed by atoms with van der Waals surface area (Å²) >= 11 is 0. The van der Waals surface area contributed by atoms with E-state index >= 15 is 0 Å². The Bertz CT molecular complexity index is 846. The number of ether oxygens (including phenoxy) is 3. The second-order valence-electron chi connectivity index (χ2n) is 8.83. The Balaban J connectivity index is 1.36. The molecule has 1 fully saturated rings. The van der Waals surface area contributed by atoms with E-state index < -0.39 is 5.97 Å². The molecule has 1 aliphatic carbocycles. The van der Waals surface area contributed by atoms with Crippen molar-refractivity contribution in [3.63, 3.8) is 0 Å². The average Bonchev–Trinajstić information content (AvgIpc) is 2.84. The first kappa shape index (κ1) is 24.9. The van der Waals surface area contributed by atoms with Gasteiger partial charge in [-0.05, 0) is 93.0 Å². The van der Waals surface area contributed by atoms with Gasteiger partial charge in [-0.25, -0.2) is 4.79 Å². The molecule has 0 radical (unpaired) electrons. The van der Waals surface area contributed by atoms with Crippen LogP contribution in [-0.4, -0.2) is 19.2 Å². The first-order valence-electron chi connectivity index (χ1n) is 12.5. The number of hydrogen-bond donors (Lipinski definition) is 0. The second kappa shape index (κ2) is 13.7. The minimum atomic E-state index is -0.394. The highest BCUT2D eigenvalue weighted by atomic mass is 16.5. The fraction of sp³-hybridized carbons (Fsp3) is 0.483. The molecule has 0 amide bonds. The van der Waals surface area contributed by atoms with E-state index in [1.165, 1.54) is 51.4 Å². The Morgan fingerprint density at radius 1 is 0.848 bits per heavy atom. The minimum absolute atomic E-state index is 0.394.